The highest BCUT2D eigenvalue weighted by Gasteiger charge is 2.47. The molecule has 11 atom stereocenters. The van der Waals surface area contributed by atoms with Gasteiger partial charge in [-0.15, -0.1) is 0 Å². The van der Waals surface area contributed by atoms with Crippen LogP contribution in [0.2, 0.25) is 0 Å². The first-order valence-electron chi connectivity index (χ1n) is 28.8. The summed E-state index contributed by atoms with van der Waals surface area (Å²) in [5.74, 6) is -0.412. The summed E-state index contributed by atoms with van der Waals surface area (Å²) in [4.78, 5) is 13.1. The summed E-state index contributed by atoms with van der Waals surface area (Å²) in [6.07, 6.45) is 52.2. The molecule has 2 saturated heterocycles. The molecule has 0 bridgehead atoms. The number of hydrogen-bond donors (Lipinski definition) is 7. The Hall–Kier alpha value is -3.87. The van der Waals surface area contributed by atoms with E-state index >= 15 is 0 Å². The Balaban J connectivity index is 1.76. The molecule has 2 aliphatic heterocycles. The Morgan fingerprint density at radius 3 is 1.26 bits per heavy atom. The molecular formula is C63H100O14. The van der Waals surface area contributed by atoms with Gasteiger partial charge in [0.25, 0.3) is 0 Å². The van der Waals surface area contributed by atoms with Crippen LogP contribution in [0, 0.1) is 0 Å². The van der Waals surface area contributed by atoms with Crippen molar-refractivity contribution in [3.8, 4) is 0 Å². The highest BCUT2D eigenvalue weighted by molar-refractivity contribution is 5.69. The second-order valence-electron chi connectivity index (χ2n) is 19.3. The standard InChI is InChI=1S/C63H100O14/c1-3-5-7-9-11-13-15-17-19-21-23-24-25-26-27-29-31-33-35-37-39-41-43-45-47-72-49-52(75-55(65)46-44-42-40-38-36-34-32-30-28-22-20-18-16-14-12-10-8-6-4-2)50-73-62-61(71)59(69)57(67)54(77-62)51-74-63-60(70)58(68)56(66)53(48-64)76-63/h5-8,11-14,17-20,23-24,26-28,30-31,33,37,39,52-54,56-64,66-71H,3-4,9-10,15-16,21-22,25,29,32,34-36,38,40-51H2,1-2H3/b7-5-,8-6-,13-11-,14-12-,19-17-,20-18-,24-23-,27-26-,30-28-,33-31-,39-37-. The van der Waals surface area contributed by atoms with Gasteiger partial charge in [0, 0.05) is 13.0 Å². The summed E-state index contributed by atoms with van der Waals surface area (Å²) >= 11 is 0. The SMILES string of the molecule is CC/C=C\C/C=C\C/C=C\C/C=C\C/C=C\C/C=C\C/C=C\CCCCOCC(COC1OC(COC2OC(CO)C(O)C(O)C2O)C(O)C(O)C1O)OC(=O)CCCCCCCC/C=C\C/C=C\C/C=C\C/C=C\CC. The molecule has 0 aromatic rings. The van der Waals surface area contributed by atoms with Gasteiger partial charge in [0.2, 0.25) is 0 Å². The third-order valence-corrected chi connectivity index (χ3v) is 12.7. The summed E-state index contributed by atoms with van der Waals surface area (Å²) in [6, 6.07) is 0. The second-order valence-corrected chi connectivity index (χ2v) is 19.3. The molecule has 0 saturated carbocycles. The average Bonchev–Trinajstić information content (AvgIpc) is 3.43. The minimum absolute atomic E-state index is 0.0151. The zero-order valence-electron chi connectivity index (χ0n) is 46.6. The van der Waals surface area contributed by atoms with E-state index in [4.69, 9.17) is 28.4 Å². The van der Waals surface area contributed by atoms with Crippen molar-refractivity contribution in [1.29, 1.82) is 0 Å². The summed E-state index contributed by atoms with van der Waals surface area (Å²) in [5.41, 5.74) is 0. The maximum Gasteiger partial charge on any atom is 0.306 e. The van der Waals surface area contributed by atoms with Crippen LogP contribution in [-0.2, 0) is 33.2 Å². The van der Waals surface area contributed by atoms with Crippen LogP contribution >= 0.6 is 0 Å². The molecule has 14 nitrogen and oxygen atoms in total. The van der Waals surface area contributed by atoms with Crippen molar-refractivity contribution in [2.75, 3.05) is 33.0 Å². The number of hydrogen-bond acceptors (Lipinski definition) is 14. The van der Waals surface area contributed by atoms with Gasteiger partial charge in [-0.25, -0.2) is 0 Å². The van der Waals surface area contributed by atoms with Crippen molar-refractivity contribution in [2.24, 2.45) is 0 Å². The molecule has 11 unspecified atom stereocenters. The number of ether oxygens (including phenoxy) is 6. The Morgan fingerprint density at radius 1 is 0.429 bits per heavy atom. The number of allylic oxidation sites excluding steroid dienone is 22. The lowest BCUT2D eigenvalue weighted by Gasteiger charge is -2.42. The molecule has 7 N–H and O–H groups in total. The molecule has 0 aromatic heterocycles. The zero-order chi connectivity index (χ0) is 55.8. The third-order valence-electron chi connectivity index (χ3n) is 12.7. The molecular weight excluding hydrogens is 981 g/mol. The van der Waals surface area contributed by atoms with E-state index in [2.05, 4.69) is 148 Å². The monoisotopic (exact) mass is 1080 g/mol. The number of esters is 1. The van der Waals surface area contributed by atoms with Crippen LogP contribution in [0.4, 0.5) is 0 Å². The first-order valence-corrected chi connectivity index (χ1v) is 28.8. The van der Waals surface area contributed by atoms with Crippen LogP contribution in [0.1, 0.15) is 155 Å². The third kappa shape index (κ3) is 34.7. The van der Waals surface area contributed by atoms with E-state index in [9.17, 15) is 40.5 Å². The fourth-order valence-electron chi connectivity index (χ4n) is 8.08. The summed E-state index contributed by atoms with van der Waals surface area (Å²) in [7, 11) is 0. The smallest absolute Gasteiger partial charge is 0.306 e. The molecule has 2 heterocycles. The predicted molar refractivity (Wildman–Crippen MR) is 307 cm³/mol. The fraction of sp³-hybridized carbons (Fsp3) is 0.635. The Labute approximate surface area is 462 Å². The molecule has 77 heavy (non-hydrogen) atoms. The van der Waals surface area contributed by atoms with E-state index in [1.54, 1.807) is 0 Å². The van der Waals surface area contributed by atoms with Gasteiger partial charge in [0.05, 0.1) is 26.4 Å². The molecule has 2 rings (SSSR count). The van der Waals surface area contributed by atoms with Crippen molar-refractivity contribution >= 4 is 5.97 Å². The molecule has 2 fully saturated rings. The molecule has 2 aliphatic rings. The number of carbonyl (C=O) groups is 1. The number of unbranched alkanes of at least 4 members (excludes halogenated alkanes) is 8. The molecule has 0 aromatic carbocycles. The second kappa shape index (κ2) is 48.1. The predicted octanol–water partition coefficient (Wildman–Crippen LogP) is 10.3. The van der Waals surface area contributed by atoms with Gasteiger partial charge in [-0.05, 0) is 109 Å². The fourth-order valence-corrected chi connectivity index (χ4v) is 8.08. The molecule has 0 spiro atoms. The van der Waals surface area contributed by atoms with Crippen molar-refractivity contribution in [3.63, 3.8) is 0 Å². The van der Waals surface area contributed by atoms with Crippen LogP contribution in [-0.4, -0.2) is 142 Å². The Bertz CT molecular complexity index is 1780. The van der Waals surface area contributed by atoms with Gasteiger partial charge in [-0.3, -0.25) is 4.79 Å². The van der Waals surface area contributed by atoms with Crippen molar-refractivity contribution in [2.45, 2.75) is 223 Å². The minimum atomic E-state index is -1.73. The number of aliphatic hydroxyl groups is 7. The Kier molecular flexibility index (Phi) is 43.2. The highest BCUT2D eigenvalue weighted by Crippen LogP contribution is 2.26. The van der Waals surface area contributed by atoms with E-state index in [1.807, 2.05) is 0 Å². The summed E-state index contributed by atoms with van der Waals surface area (Å²) < 4.78 is 34.3. The number of rotatable bonds is 44. The minimum Gasteiger partial charge on any atom is -0.457 e. The van der Waals surface area contributed by atoms with Gasteiger partial charge >= 0.3 is 5.97 Å². The maximum atomic E-state index is 13.1. The van der Waals surface area contributed by atoms with E-state index < -0.39 is 86.7 Å². The Morgan fingerprint density at radius 2 is 0.805 bits per heavy atom. The summed E-state index contributed by atoms with van der Waals surface area (Å²) in [6.45, 7) is 3.29. The molecule has 0 amide bonds. The van der Waals surface area contributed by atoms with Gasteiger partial charge in [-0.2, -0.15) is 0 Å². The van der Waals surface area contributed by atoms with Crippen LogP contribution < -0.4 is 0 Å². The summed E-state index contributed by atoms with van der Waals surface area (Å²) in [5, 5.41) is 72.4. The van der Waals surface area contributed by atoms with E-state index in [0.717, 1.165) is 128 Å². The van der Waals surface area contributed by atoms with E-state index in [-0.39, 0.29) is 19.6 Å². The topological polar surface area (TPSA) is 214 Å². The molecule has 0 radical (unpaired) electrons. The van der Waals surface area contributed by atoms with Gasteiger partial charge in [0.1, 0.15) is 54.9 Å². The molecule has 14 heteroatoms. The average molecular weight is 1080 g/mol. The lowest BCUT2D eigenvalue weighted by atomic mass is 9.98. The van der Waals surface area contributed by atoms with Crippen LogP contribution in [0.15, 0.2) is 134 Å². The number of aliphatic hydroxyl groups excluding tert-OH is 7. The molecule has 0 aliphatic carbocycles. The van der Waals surface area contributed by atoms with Crippen molar-refractivity contribution < 1.29 is 69.0 Å². The zero-order valence-corrected chi connectivity index (χ0v) is 46.6. The van der Waals surface area contributed by atoms with Gasteiger partial charge in [0.15, 0.2) is 12.6 Å². The quantitative estimate of drug-likeness (QED) is 0.0172. The first kappa shape index (κ1) is 69.2. The molecule has 436 valence electrons. The van der Waals surface area contributed by atoms with Gasteiger partial charge < -0.3 is 64.2 Å². The van der Waals surface area contributed by atoms with Crippen molar-refractivity contribution in [1.82, 2.24) is 0 Å². The largest absolute Gasteiger partial charge is 0.457 e. The normalized spacial score (nSPS) is 25.3. The first-order chi connectivity index (χ1) is 37.6. The van der Waals surface area contributed by atoms with Crippen LogP contribution in [0.3, 0.4) is 0 Å². The van der Waals surface area contributed by atoms with Crippen LogP contribution in [0.25, 0.3) is 0 Å². The van der Waals surface area contributed by atoms with E-state index in [0.29, 0.717) is 13.0 Å². The highest BCUT2D eigenvalue weighted by atomic mass is 16.7. The lowest BCUT2D eigenvalue weighted by molar-refractivity contribution is -0.332. The van der Waals surface area contributed by atoms with E-state index in [1.165, 1.54) is 0 Å². The lowest BCUT2D eigenvalue weighted by Crippen LogP contribution is -2.61. The van der Waals surface area contributed by atoms with Gasteiger partial charge in [-0.1, -0.05) is 173 Å². The number of carbonyl (C=O) groups excluding carboxylic acids is 1. The van der Waals surface area contributed by atoms with Crippen molar-refractivity contribution in [3.05, 3.63) is 134 Å². The van der Waals surface area contributed by atoms with Crippen LogP contribution in [0.5, 0.6) is 0 Å². The maximum absolute atomic E-state index is 13.1.